The second kappa shape index (κ2) is 5.03. The lowest BCUT2D eigenvalue weighted by Gasteiger charge is -2.08. The van der Waals surface area contributed by atoms with E-state index in [1.807, 2.05) is 0 Å². The number of carbonyl (C=O) groups is 1. The number of carboxylic acids is 1. The maximum absolute atomic E-state index is 11.8. The predicted molar refractivity (Wildman–Crippen MR) is 71.9 cm³/mol. The average Bonchev–Trinajstić information content (AvgIpc) is 2.32. The van der Waals surface area contributed by atoms with Crippen LogP contribution in [0.25, 0.3) is 11.1 Å². The number of hydrogen-bond donors (Lipinski definition) is 1. The smallest absolute Gasteiger partial charge is 0.342 e. The maximum Gasteiger partial charge on any atom is 0.342 e. The lowest BCUT2D eigenvalue weighted by atomic mass is 10.0. The molecule has 2 rings (SSSR count). The highest BCUT2D eigenvalue weighted by Crippen LogP contribution is 2.31. The maximum atomic E-state index is 11.8. The molecule has 0 saturated heterocycles. The molecule has 0 unspecified atom stereocenters. The molecule has 98 valence electrons. The third-order valence-corrected chi connectivity index (χ3v) is 3.12. The standard InChI is InChI=1S/C12H8Cl2N2O3/c1-16-11(17)10(12(18)19)8(5-15-16)7-3-2-6(13)4-9(7)14/h2-5H,1H3,(H,18,19). The molecule has 1 aromatic carbocycles. The Labute approximate surface area is 118 Å². The van der Waals surface area contributed by atoms with Crippen molar-refractivity contribution in [3.63, 3.8) is 0 Å². The molecule has 1 aromatic heterocycles. The molecular weight excluding hydrogens is 291 g/mol. The molecule has 2 aromatic rings. The summed E-state index contributed by atoms with van der Waals surface area (Å²) in [4.78, 5) is 23.1. The summed E-state index contributed by atoms with van der Waals surface area (Å²) in [5.41, 5.74) is -0.510. The zero-order valence-electron chi connectivity index (χ0n) is 9.72. The summed E-state index contributed by atoms with van der Waals surface area (Å²) in [6.07, 6.45) is 1.29. The van der Waals surface area contributed by atoms with Crippen LogP contribution in [0.15, 0.2) is 29.2 Å². The van der Waals surface area contributed by atoms with Gasteiger partial charge in [0.2, 0.25) is 0 Å². The van der Waals surface area contributed by atoms with Crippen molar-refractivity contribution in [3.05, 3.63) is 50.4 Å². The Kier molecular flexibility index (Phi) is 3.59. The minimum Gasteiger partial charge on any atom is -0.477 e. The van der Waals surface area contributed by atoms with Gasteiger partial charge in [0.15, 0.2) is 0 Å². The largest absolute Gasteiger partial charge is 0.477 e. The minimum absolute atomic E-state index is 0.164. The minimum atomic E-state index is -1.33. The number of hydrogen-bond acceptors (Lipinski definition) is 3. The fourth-order valence-electron chi connectivity index (χ4n) is 1.66. The van der Waals surface area contributed by atoms with Crippen LogP contribution >= 0.6 is 23.2 Å². The van der Waals surface area contributed by atoms with Crippen LogP contribution in [0.5, 0.6) is 0 Å². The van der Waals surface area contributed by atoms with E-state index in [1.165, 1.54) is 19.3 Å². The van der Waals surface area contributed by atoms with E-state index < -0.39 is 11.5 Å². The Bertz CT molecular complexity index is 725. The van der Waals surface area contributed by atoms with Crippen molar-refractivity contribution in [1.82, 2.24) is 9.78 Å². The van der Waals surface area contributed by atoms with Gasteiger partial charge in [-0.15, -0.1) is 0 Å². The summed E-state index contributed by atoms with van der Waals surface area (Å²) < 4.78 is 0.955. The molecule has 0 saturated carbocycles. The van der Waals surface area contributed by atoms with E-state index in [-0.39, 0.29) is 16.1 Å². The number of benzene rings is 1. The summed E-state index contributed by atoms with van der Waals surface area (Å²) in [7, 11) is 1.38. The van der Waals surface area contributed by atoms with Gasteiger partial charge >= 0.3 is 5.97 Å². The summed E-state index contributed by atoms with van der Waals surface area (Å²) in [6.45, 7) is 0. The molecule has 0 radical (unpaired) electrons. The fraction of sp³-hybridized carbons (Fsp3) is 0.0833. The van der Waals surface area contributed by atoms with Gasteiger partial charge in [-0.05, 0) is 12.1 Å². The number of halogens is 2. The molecule has 0 aliphatic heterocycles. The average molecular weight is 299 g/mol. The molecule has 5 nitrogen and oxygen atoms in total. The molecule has 0 spiro atoms. The van der Waals surface area contributed by atoms with Crippen LogP contribution in [-0.2, 0) is 7.05 Å². The van der Waals surface area contributed by atoms with Crippen LogP contribution in [0.1, 0.15) is 10.4 Å². The molecule has 0 atom stereocenters. The van der Waals surface area contributed by atoms with Crippen molar-refractivity contribution in [2.75, 3.05) is 0 Å². The van der Waals surface area contributed by atoms with Crippen molar-refractivity contribution in [3.8, 4) is 11.1 Å². The van der Waals surface area contributed by atoms with Gasteiger partial charge in [0.25, 0.3) is 5.56 Å². The predicted octanol–water partition coefficient (Wildman–Crippen LogP) is 2.45. The molecule has 7 heteroatoms. The van der Waals surface area contributed by atoms with Crippen LogP contribution in [-0.4, -0.2) is 20.9 Å². The number of aromatic carboxylic acids is 1. The Balaban J connectivity index is 2.79. The molecule has 0 amide bonds. The first-order chi connectivity index (χ1) is 8.91. The quantitative estimate of drug-likeness (QED) is 0.924. The lowest BCUT2D eigenvalue weighted by Crippen LogP contribution is -2.27. The van der Waals surface area contributed by atoms with Gasteiger partial charge < -0.3 is 5.11 Å². The number of aryl methyl sites for hydroxylation is 1. The first-order valence-corrected chi connectivity index (χ1v) is 5.92. The van der Waals surface area contributed by atoms with E-state index in [0.717, 1.165) is 4.68 Å². The van der Waals surface area contributed by atoms with Crippen molar-refractivity contribution in [1.29, 1.82) is 0 Å². The van der Waals surface area contributed by atoms with E-state index in [2.05, 4.69) is 5.10 Å². The second-order valence-corrected chi connectivity index (χ2v) is 4.63. The molecule has 1 heterocycles. The zero-order chi connectivity index (χ0) is 14.2. The molecule has 0 aliphatic carbocycles. The molecular formula is C12H8Cl2N2O3. The number of nitrogens with zero attached hydrogens (tertiary/aromatic N) is 2. The Morgan fingerprint density at radius 3 is 2.58 bits per heavy atom. The van der Waals surface area contributed by atoms with Gasteiger partial charge in [-0.3, -0.25) is 4.79 Å². The summed E-state index contributed by atoms with van der Waals surface area (Å²) in [6, 6.07) is 4.58. The second-order valence-electron chi connectivity index (χ2n) is 3.79. The molecule has 0 bridgehead atoms. The van der Waals surface area contributed by atoms with Gasteiger partial charge in [-0.1, -0.05) is 29.3 Å². The van der Waals surface area contributed by atoms with Gasteiger partial charge in [0.1, 0.15) is 5.56 Å². The Morgan fingerprint density at radius 2 is 2.00 bits per heavy atom. The van der Waals surface area contributed by atoms with Crippen LogP contribution in [0.3, 0.4) is 0 Å². The van der Waals surface area contributed by atoms with Crippen LogP contribution in [0, 0.1) is 0 Å². The zero-order valence-corrected chi connectivity index (χ0v) is 11.2. The third kappa shape index (κ3) is 2.47. The van der Waals surface area contributed by atoms with E-state index in [0.29, 0.717) is 10.6 Å². The highest BCUT2D eigenvalue weighted by molar-refractivity contribution is 6.36. The first kappa shape index (κ1) is 13.6. The number of carboxylic acid groups (broad SMARTS) is 1. The van der Waals surface area contributed by atoms with Crippen LogP contribution in [0.4, 0.5) is 0 Å². The SMILES string of the molecule is Cn1ncc(-c2ccc(Cl)cc2Cl)c(C(=O)O)c1=O. The molecule has 0 fully saturated rings. The van der Waals surface area contributed by atoms with Gasteiger partial charge in [0.05, 0.1) is 6.20 Å². The van der Waals surface area contributed by atoms with E-state index in [9.17, 15) is 9.59 Å². The molecule has 19 heavy (non-hydrogen) atoms. The monoisotopic (exact) mass is 298 g/mol. The van der Waals surface area contributed by atoms with Crippen molar-refractivity contribution in [2.45, 2.75) is 0 Å². The Morgan fingerprint density at radius 1 is 1.32 bits per heavy atom. The highest BCUT2D eigenvalue weighted by atomic mass is 35.5. The highest BCUT2D eigenvalue weighted by Gasteiger charge is 2.19. The topological polar surface area (TPSA) is 72.2 Å². The van der Waals surface area contributed by atoms with Gasteiger partial charge in [-0.25, -0.2) is 9.48 Å². The Hall–Kier alpha value is -1.85. The van der Waals surface area contributed by atoms with Crippen molar-refractivity contribution >= 4 is 29.2 Å². The van der Waals surface area contributed by atoms with Gasteiger partial charge in [-0.2, -0.15) is 5.10 Å². The van der Waals surface area contributed by atoms with E-state index in [4.69, 9.17) is 28.3 Å². The van der Waals surface area contributed by atoms with Gasteiger partial charge in [0, 0.05) is 28.2 Å². The van der Waals surface area contributed by atoms with Crippen LogP contribution < -0.4 is 5.56 Å². The summed E-state index contributed by atoms with van der Waals surface area (Å²) in [5.74, 6) is -1.33. The number of rotatable bonds is 2. The van der Waals surface area contributed by atoms with Crippen LogP contribution in [0.2, 0.25) is 10.0 Å². The number of aromatic nitrogens is 2. The van der Waals surface area contributed by atoms with Crippen molar-refractivity contribution < 1.29 is 9.90 Å². The molecule has 1 N–H and O–H groups in total. The lowest BCUT2D eigenvalue weighted by molar-refractivity contribution is 0.0694. The normalized spacial score (nSPS) is 10.5. The first-order valence-electron chi connectivity index (χ1n) is 5.17. The molecule has 0 aliphatic rings. The third-order valence-electron chi connectivity index (χ3n) is 2.57. The van der Waals surface area contributed by atoms with E-state index in [1.54, 1.807) is 12.1 Å². The summed E-state index contributed by atoms with van der Waals surface area (Å²) in [5, 5.41) is 13.7. The summed E-state index contributed by atoms with van der Waals surface area (Å²) >= 11 is 11.8. The fourth-order valence-corrected chi connectivity index (χ4v) is 2.17. The van der Waals surface area contributed by atoms with Crippen molar-refractivity contribution in [2.24, 2.45) is 7.05 Å². The van der Waals surface area contributed by atoms with E-state index >= 15 is 0 Å².